The number of rotatable bonds is 10. The summed E-state index contributed by atoms with van der Waals surface area (Å²) in [5.74, 6) is -0.996. The van der Waals surface area contributed by atoms with E-state index in [1.807, 2.05) is 30.3 Å². The lowest BCUT2D eigenvalue weighted by molar-refractivity contribution is -0.136. The van der Waals surface area contributed by atoms with Crippen LogP contribution in [0, 0.1) is 5.92 Å². The van der Waals surface area contributed by atoms with Crippen LogP contribution in [0.15, 0.2) is 48.5 Å². The number of carbonyl (C=O) groups is 2. The third kappa shape index (κ3) is 7.10. The van der Waals surface area contributed by atoms with E-state index < -0.39 is 16.0 Å². The molecule has 0 spiro atoms. The third-order valence-electron chi connectivity index (χ3n) is 5.02. The Morgan fingerprint density at radius 1 is 1.10 bits per heavy atom. The molecule has 8 heteroatoms. The van der Waals surface area contributed by atoms with E-state index in [4.69, 9.17) is 5.11 Å². The summed E-state index contributed by atoms with van der Waals surface area (Å²) in [6.45, 7) is 4.14. The van der Waals surface area contributed by atoms with Gasteiger partial charge in [0, 0.05) is 19.0 Å². The molecule has 31 heavy (non-hydrogen) atoms. The maximum Gasteiger partial charge on any atom is 0.303 e. The van der Waals surface area contributed by atoms with Crippen LogP contribution in [0.5, 0.6) is 0 Å². The minimum absolute atomic E-state index is 0.129. The second-order valence-corrected chi connectivity index (χ2v) is 10.0. The number of aryl methyl sites for hydroxylation is 1. The number of carboxylic acid groups (broad SMARTS) is 1. The van der Waals surface area contributed by atoms with Crippen LogP contribution in [0.3, 0.4) is 0 Å². The van der Waals surface area contributed by atoms with E-state index in [-0.39, 0.29) is 30.4 Å². The largest absolute Gasteiger partial charge is 0.481 e. The molecule has 0 radical (unpaired) electrons. The Kier molecular flexibility index (Phi) is 8.21. The number of carbonyl (C=O) groups excluding carboxylic acids is 1. The maximum atomic E-state index is 13.3. The molecule has 7 nitrogen and oxygen atoms in total. The molecule has 0 aromatic heterocycles. The first-order valence-corrected chi connectivity index (χ1v) is 12.0. The molecular weight excluding hydrogens is 416 g/mol. The number of aliphatic carboxylic acids is 1. The number of benzene rings is 2. The Labute approximate surface area is 184 Å². The second-order valence-electron chi connectivity index (χ2n) is 8.03. The summed E-state index contributed by atoms with van der Waals surface area (Å²) in [6, 6.07) is 14.1. The quantitative estimate of drug-likeness (QED) is 0.580. The highest BCUT2D eigenvalue weighted by atomic mass is 32.2. The van der Waals surface area contributed by atoms with E-state index in [1.165, 1.54) is 13.1 Å². The zero-order valence-corrected chi connectivity index (χ0v) is 19.1. The average Bonchev–Trinajstić information content (AvgIpc) is 2.70. The molecule has 2 aromatic carbocycles. The van der Waals surface area contributed by atoms with Gasteiger partial charge in [-0.1, -0.05) is 50.2 Å². The van der Waals surface area contributed by atoms with Crippen molar-refractivity contribution in [2.75, 3.05) is 17.6 Å². The molecule has 1 amide bonds. The Morgan fingerprint density at radius 3 is 2.29 bits per heavy atom. The summed E-state index contributed by atoms with van der Waals surface area (Å²) in [4.78, 5) is 24.3. The van der Waals surface area contributed by atoms with Crippen molar-refractivity contribution in [2.24, 2.45) is 5.92 Å². The molecule has 0 bridgehead atoms. The van der Waals surface area contributed by atoms with Crippen molar-refractivity contribution < 1.29 is 23.1 Å². The smallest absolute Gasteiger partial charge is 0.303 e. The Bertz CT molecular complexity index is 1020. The number of anilines is 1. The molecular formula is C23H30N2O5S. The molecule has 1 atom stereocenters. The summed E-state index contributed by atoms with van der Waals surface area (Å²) in [5, 5.41) is 12.1. The zero-order chi connectivity index (χ0) is 23.2. The summed E-state index contributed by atoms with van der Waals surface area (Å²) in [5.41, 5.74) is 2.15. The standard InChI is InChI=1S/C23H30N2O5S/c1-16(2)14-21(18-8-6-5-7-9-18)24-23(28)20-15-19(25(3)31(4,29)30)12-10-17(20)11-13-22(26)27/h5-10,12,15-16,21H,11,13-14H2,1-4H3,(H,24,28)(H,26,27). The second kappa shape index (κ2) is 10.4. The summed E-state index contributed by atoms with van der Waals surface area (Å²) in [7, 11) is -2.10. The molecule has 1 unspecified atom stereocenters. The summed E-state index contributed by atoms with van der Waals surface area (Å²) in [6.07, 6.45) is 1.85. The van der Waals surface area contributed by atoms with Gasteiger partial charge in [0.25, 0.3) is 5.91 Å². The van der Waals surface area contributed by atoms with Gasteiger partial charge >= 0.3 is 5.97 Å². The molecule has 0 heterocycles. The van der Waals surface area contributed by atoms with Gasteiger partial charge in [0.1, 0.15) is 0 Å². The van der Waals surface area contributed by atoms with Gasteiger partial charge in [0.05, 0.1) is 18.0 Å². The number of sulfonamides is 1. The van der Waals surface area contributed by atoms with Crippen LogP contribution in [0.25, 0.3) is 0 Å². The first-order chi connectivity index (χ1) is 14.5. The Balaban J connectivity index is 2.43. The van der Waals surface area contributed by atoms with E-state index in [2.05, 4.69) is 19.2 Å². The molecule has 0 fully saturated rings. The van der Waals surface area contributed by atoms with Crippen LogP contribution in [0.4, 0.5) is 5.69 Å². The molecule has 0 aliphatic carbocycles. The monoisotopic (exact) mass is 446 g/mol. The topological polar surface area (TPSA) is 104 Å². The van der Waals surface area contributed by atoms with Crippen molar-refractivity contribution in [2.45, 2.75) is 39.2 Å². The van der Waals surface area contributed by atoms with Gasteiger partial charge in [-0.05, 0) is 42.0 Å². The number of nitrogens with one attached hydrogen (secondary N) is 1. The number of carboxylic acids is 1. The number of hydrogen-bond donors (Lipinski definition) is 2. The normalized spacial score (nSPS) is 12.4. The van der Waals surface area contributed by atoms with Crippen LogP contribution >= 0.6 is 0 Å². The van der Waals surface area contributed by atoms with E-state index in [1.54, 1.807) is 12.1 Å². The van der Waals surface area contributed by atoms with Gasteiger partial charge < -0.3 is 10.4 Å². The average molecular weight is 447 g/mol. The predicted octanol–water partition coefficient (Wildman–Crippen LogP) is 3.62. The van der Waals surface area contributed by atoms with Crippen LogP contribution in [0.2, 0.25) is 0 Å². The van der Waals surface area contributed by atoms with Crippen molar-refractivity contribution in [3.63, 3.8) is 0 Å². The zero-order valence-electron chi connectivity index (χ0n) is 18.3. The fraction of sp³-hybridized carbons (Fsp3) is 0.391. The minimum Gasteiger partial charge on any atom is -0.481 e. The third-order valence-corrected chi connectivity index (χ3v) is 6.23. The number of nitrogens with zero attached hydrogens (tertiary/aromatic N) is 1. The van der Waals surface area contributed by atoms with Crippen LogP contribution in [0.1, 0.15) is 54.2 Å². The molecule has 2 aromatic rings. The maximum absolute atomic E-state index is 13.3. The van der Waals surface area contributed by atoms with Crippen molar-refractivity contribution in [3.8, 4) is 0 Å². The lowest BCUT2D eigenvalue weighted by Gasteiger charge is -2.23. The van der Waals surface area contributed by atoms with Gasteiger partial charge in [-0.15, -0.1) is 0 Å². The highest BCUT2D eigenvalue weighted by Crippen LogP contribution is 2.25. The van der Waals surface area contributed by atoms with Crippen molar-refractivity contribution in [3.05, 3.63) is 65.2 Å². The molecule has 0 aliphatic rings. The van der Waals surface area contributed by atoms with Gasteiger partial charge in [0.2, 0.25) is 10.0 Å². The van der Waals surface area contributed by atoms with Gasteiger partial charge in [-0.2, -0.15) is 0 Å². The Hall–Kier alpha value is -2.87. The molecule has 2 N–H and O–H groups in total. The number of hydrogen-bond acceptors (Lipinski definition) is 4. The molecule has 168 valence electrons. The van der Waals surface area contributed by atoms with Crippen molar-refractivity contribution in [1.82, 2.24) is 5.32 Å². The lowest BCUT2D eigenvalue weighted by Crippen LogP contribution is -2.31. The summed E-state index contributed by atoms with van der Waals surface area (Å²) < 4.78 is 25.0. The van der Waals surface area contributed by atoms with Crippen LogP contribution in [-0.2, 0) is 21.2 Å². The van der Waals surface area contributed by atoms with Gasteiger partial charge in [0.15, 0.2) is 0 Å². The molecule has 0 aliphatic heterocycles. The predicted molar refractivity (Wildman–Crippen MR) is 122 cm³/mol. The van der Waals surface area contributed by atoms with Crippen LogP contribution in [-0.4, -0.2) is 38.7 Å². The number of amides is 1. The van der Waals surface area contributed by atoms with E-state index in [0.29, 0.717) is 17.2 Å². The van der Waals surface area contributed by atoms with Gasteiger partial charge in [-0.25, -0.2) is 8.42 Å². The highest BCUT2D eigenvalue weighted by molar-refractivity contribution is 7.92. The minimum atomic E-state index is -3.51. The van der Waals surface area contributed by atoms with Crippen molar-refractivity contribution in [1.29, 1.82) is 0 Å². The molecule has 2 rings (SSSR count). The fourth-order valence-corrected chi connectivity index (χ4v) is 3.79. The first-order valence-electron chi connectivity index (χ1n) is 10.1. The highest BCUT2D eigenvalue weighted by Gasteiger charge is 2.21. The SMILES string of the molecule is CC(C)CC(NC(=O)c1cc(N(C)S(C)(=O)=O)ccc1CCC(=O)O)c1ccccc1. The van der Waals surface area contributed by atoms with Crippen LogP contribution < -0.4 is 9.62 Å². The first kappa shape index (κ1) is 24.4. The fourth-order valence-electron chi connectivity index (χ4n) is 3.29. The Morgan fingerprint density at radius 2 is 1.74 bits per heavy atom. The summed E-state index contributed by atoms with van der Waals surface area (Å²) >= 11 is 0. The molecule has 0 saturated heterocycles. The van der Waals surface area contributed by atoms with E-state index in [9.17, 15) is 18.0 Å². The van der Waals surface area contributed by atoms with Gasteiger partial charge in [-0.3, -0.25) is 13.9 Å². The van der Waals surface area contributed by atoms with Crippen molar-refractivity contribution >= 4 is 27.6 Å². The van der Waals surface area contributed by atoms with E-state index in [0.717, 1.165) is 22.5 Å². The lowest BCUT2D eigenvalue weighted by atomic mass is 9.95. The molecule has 0 saturated carbocycles. The van der Waals surface area contributed by atoms with E-state index >= 15 is 0 Å².